The molecule has 5 aromatic carbocycles. The molecule has 0 unspecified atom stereocenters. The Morgan fingerprint density at radius 2 is 1.19 bits per heavy atom. The van der Waals surface area contributed by atoms with E-state index in [2.05, 4.69) is 146 Å². The summed E-state index contributed by atoms with van der Waals surface area (Å²) in [4.78, 5) is 10.5. The number of benzene rings is 5. The molecule has 0 saturated heterocycles. The summed E-state index contributed by atoms with van der Waals surface area (Å²) in [6.07, 6.45) is 8.71. The second-order valence-corrected chi connectivity index (χ2v) is 10.5. The van der Waals surface area contributed by atoms with Gasteiger partial charge in [-0.05, 0) is 63.4 Å². The van der Waals surface area contributed by atoms with Gasteiger partial charge in [0, 0.05) is 22.5 Å². The first-order chi connectivity index (χ1) is 21.3. The molecule has 0 fully saturated rings. The lowest BCUT2D eigenvalue weighted by atomic mass is 9.86. The van der Waals surface area contributed by atoms with Crippen LogP contribution in [0.15, 0.2) is 128 Å². The Kier molecular flexibility index (Phi) is 6.71. The van der Waals surface area contributed by atoms with Crippen LogP contribution in [0.5, 0.6) is 0 Å². The van der Waals surface area contributed by atoms with E-state index in [0.29, 0.717) is 0 Å². The second kappa shape index (κ2) is 10.8. The summed E-state index contributed by atoms with van der Waals surface area (Å²) in [5.41, 5.74) is 7.29. The van der Waals surface area contributed by atoms with Crippen LogP contribution in [0.1, 0.15) is 33.3 Å². The molecule has 3 aromatic heterocycles. The number of allylic oxidation sites excluding steroid dienone is 4. The van der Waals surface area contributed by atoms with Crippen molar-refractivity contribution in [1.82, 2.24) is 14.4 Å². The molecule has 0 aliphatic rings. The number of hydrogen-bond donors (Lipinski definition) is 0. The zero-order valence-corrected chi connectivity index (χ0v) is 25.0. The van der Waals surface area contributed by atoms with E-state index in [4.69, 9.17) is 9.97 Å². The zero-order valence-electron chi connectivity index (χ0n) is 25.0. The van der Waals surface area contributed by atoms with Gasteiger partial charge < -0.3 is 0 Å². The first-order valence-electron chi connectivity index (χ1n) is 15.1. The van der Waals surface area contributed by atoms with Gasteiger partial charge in [-0.3, -0.25) is 4.40 Å². The minimum Gasteiger partial charge on any atom is -0.297 e. The van der Waals surface area contributed by atoms with E-state index in [1.165, 1.54) is 43.5 Å². The Bertz CT molecular complexity index is 2330. The van der Waals surface area contributed by atoms with E-state index in [1.54, 1.807) is 0 Å². The fourth-order valence-electron chi connectivity index (χ4n) is 6.49. The minimum atomic E-state index is 0.759. The quantitative estimate of drug-likeness (QED) is 0.160. The number of pyridine rings is 2. The highest BCUT2D eigenvalue weighted by Crippen LogP contribution is 2.44. The number of rotatable bonds is 3. The molecule has 0 radical (unpaired) electrons. The van der Waals surface area contributed by atoms with E-state index in [-0.39, 0.29) is 0 Å². The lowest BCUT2D eigenvalue weighted by Gasteiger charge is -2.18. The highest BCUT2D eigenvalue weighted by molar-refractivity contribution is 6.22. The molecular formula is C40H33N3. The molecule has 3 heteroatoms. The average molecular weight is 556 g/mol. The maximum atomic E-state index is 5.37. The molecule has 3 nitrogen and oxygen atoms in total. The van der Waals surface area contributed by atoms with Crippen LogP contribution in [0.3, 0.4) is 0 Å². The number of nitrogens with zero attached hydrogens (tertiary/aromatic N) is 3. The molecule has 8 aromatic rings. The van der Waals surface area contributed by atoms with Crippen molar-refractivity contribution in [3.8, 4) is 11.3 Å². The lowest BCUT2D eigenvalue weighted by Crippen LogP contribution is -1.96. The van der Waals surface area contributed by atoms with Gasteiger partial charge in [0.1, 0.15) is 5.65 Å². The molecular weight excluding hydrogens is 522 g/mol. The van der Waals surface area contributed by atoms with Crippen molar-refractivity contribution in [2.24, 2.45) is 0 Å². The van der Waals surface area contributed by atoms with Crippen molar-refractivity contribution in [2.75, 3.05) is 0 Å². The van der Waals surface area contributed by atoms with Gasteiger partial charge >= 0.3 is 0 Å². The van der Waals surface area contributed by atoms with Gasteiger partial charge in [0.15, 0.2) is 5.65 Å². The lowest BCUT2D eigenvalue weighted by molar-refractivity contribution is 1.25. The molecule has 43 heavy (non-hydrogen) atoms. The van der Waals surface area contributed by atoms with E-state index in [9.17, 15) is 0 Å². The normalized spacial score (nSPS) is 12.2. The number of imidazole rings is 1. The molecule has 0 saturated carbocycles. The van der Waals surface area contributed by atoms with Crippen molar-refractivity contribution >= 4 is 65.5 Å². The van der Waals surface area contributed by atoms with Crippen LogP contribution >= 0.6 is 0 Å². The summed E-state index contributed by atoms with van der Waals surface area (Å²) in [6.45, 7) is 8.19. The Morgan fingerprint density at radius 3 is 1.81 bits per heavy atom. The van der Waals surface area contributed by atoms with Gasteiger partial charge in [-0.25, -0.2) is 9.97 Å². The van der Waals surface area contributed by atoms with E-state index in [1.807, 2.05) is 13.8 Å². The van der Waals surface area contributed by atoms with Crippen LogP contribution in [-0.4, -0.2) is 14.4 Å². The third-order valence-electron chi connectivity index (χ3n) is 8.24. The number of fused-ring (bicyclic) bond motifs is 8. The van der Waals surface area contributed by atoms with Crippen molar-refractivity contribution in [2.45, 2.75) is 27.7 Å². The number of hydrogen-bond acceptors (Lipinski definition) is 2. The topological polar surface area (TPSA) is 30.2 Å². The Labute approximate surface area is 251 Å². The van der Waals surface area contributed by atoms with Crippen LogP contribution in [0.25, 0.3) is 76.7 Å². The summed E-state index contributed by atoms with van der Waals surface area (Å²) in [5.74, 6) is 0. The molecule has 8 rings (SSSR count). The summed E-state index contributed by atoms with van der Waals surface area (Å²) >= 11 is 0. The third kappa shape index (κ3) is 4.11. The number of aromatic nitrogens is 3. The van der Waals surface area contributed by atoms with E-state index in [0.717, 1.165) is 38.8 Å². The van der Waals surface area contributed by atoms with Gasteiger partial charge in [-0.2, -0.15) is 0 Å². The third-order valence-corrected chi connectivity index (χ3v) is 8.24. The van der Waals surface area contributed by atoms with Crippen molar-refractivity contribution in [1.29, 1.82) is 0 Å². The molecule has 3 heterocycles. The Morgan fingerprint density at radius 1 is 0.628 bits per heavy atom. The Hall–Kier alpha value is -5.28. The van der Waals surface area contributed by atoms with Crippen LogP contribution in [0.2, 0.25) is 0 Å². The molecule has 208 valence electrons. The van der Waals surface area contributed by atoms with Gasteiger partial charge in [0.05, 0.1) is 11.2 Å². The standard InChI is InChI=1S/C38H27N3.C2H6/c1-3-13-24(4-2)34-27-16-7-9-18-29(27)35(30-19-10-8-17-28(30)34)36-31-20-11-12-21-32(31)37-38(40-36)39-33-22-25-14-5-6-15-26(25)23-41(33)37;1-2/h3-23H,1-2H3;1-2H3/b13-3-,24-4+;. The highest BCUT2D eigenvalue weighted by atomic mass is 15.0. The fraction of sp³-hybridized carbons (Fsp3) is 0.100. The molecule has 0 bridgehead atoms. The summed E-state index contributed by atoms with van der Waals surface area (Å²) in [6, 6.07) is 36.7. The smallest absolute Gasteiger partial charge is 0.179 e. The van der Waals surface area contributed by atoms with Crippen molar-refractivity contribution < 1.29 is 0 Å². The fourth-order valence-corrected chi connectivity index (χ4v) is 6.49. The van der Waals surface area contributed by atoms with Crippen molar-refractivity contribution in [3.05, 3.63) is 133 Å². The summed E-state index contributed by atoms with van der Waals surface area (Å²) < 4.78 is 2.20. The maximum Gasteiger partial charge on any atom is 0.179 e. The van der Waals surface area contributed by atoms with Gasteiger partial charge in [0.25, 0.3) is 0 Å². The predicted molar refractivity (Wildman–Crippen MR) is 186 cm³/mol. The van der Waals surface area contributed by atoms with Crippen LogP contribution in [0.4, 0.5) is 0 Å². The maximum absolute atomic E-state index is 5.37. The average Bonchev–Trinajstić information content (AvgIpc) is 3.43. The predicted octanol–water partition coefficient (Wildman–Crippen LogP) is 11.2. The van der Waals surface area contributed by atoms with Gasteiger partial charge in [-0.15, -0.1) is 0 Å². The van der Waals surface area contributed by atoms with Crippen LogP contribution in [-0.2, 0) is 0 Å². The molecule has 0 atom stereocenters. The zero-order chi connectivity index (χ0) is 29.5. The van der Waals surface area contributed by atoms with Crippen LogP contribution in [0, 0.1) is 0 Å². The van der Waals surface area contributed by atoms with Gasteiger partial charge in [-0.1, -0.05) is 129 Å². The molecule has 0 amide bonds. The van der Waals surface area contributed by atoms with E-state index >= 15 is 0 Å². The monoisotopic (exact) mass is 555 g/mol. The van der Waals surface area contributed by atoms with Crippen LogP contribution < -0.4 is 0 Å². The first-order valence-corrected chi connectivity index (χ1v) is 15.1. The summed E-state index contributed by atoms with van der Waals surface area (Å²) in [7, 11) is 0. The molecule has 0 aliphatic heterocycles. The second-order valence-electron chi connectivity index (χ2n) is 10.5. The van der Waals surface area contributed by atoms with E-state index < -0.39 is 0 Å². The van der Waals surface area contributed by atoms with Gasteiger partial charge in [0.2, 0.25) is 0 Å². The van der Waals surface area contributed by atoms with Crippen molar-refractivity contribution in [3.63, 3.8) is 0 Å². The minimum absolute atomic E-state index is 0.759. The summed E-state index contributed by atoms with van der Waals surface area (Å²) in [5, 5.41) is 9.45. The SMILES string of the molecule is C/C=C\C(=C/C)c1c2ccccc2c(-c2nc3nc4cc5ccccc5cn4c3c3ccccc23)c2ccccc12.CC. The molecule has 0 aliphatic carbocycles. The molecule has 0 N–H and O–H groups in total. The molecule has 0 spiro atoms. The Balaban J connectivity index is 0.00000147. The first kappa shape index (κ1) is 26.6. The highest BCUT2D eigenvalue weighted by Gasteiger charge is 2.21. The largest absolute Gasteiger partial charge is 0.297 e.